The highest BCUT2D eigenvalue weighted by atomic mass is 32.1. The Bertz CT molecular complexity index is 1330. The van der Waals surface area contributed by atoms with E-state index in [0.29, 0.717) is 22.7 Å². The van der Waals surface area contributed by atoms with Crippen LogP contribution in [0.15, 0.2) is 42.5 Å². The standard InChI is InChI=1S/C27H31N5O5S/c1-15-8-11-18(12-9-15)32(27(35)24-21(28)22(25(29)33)31-38-24)23(26(34)30-17-6-4-5-7-17)16-10-13-19(36-2)20(14-16)37-3/h8-14,17,23H,4-7,28H2,1-3H3,(H2,29,33)(H,30,34)/t23-/m1/s1. The van der Waals surface area contributed by atoms with E-state index in [1.54, 1.807) is 30.3 Å². The van der Waals surface area contributed by atoms with Crippen LogP contribution in [0.25, 0.3) is 0 Å². The molecule has 38 heavy (non-hydrogen) atoms. The second kappa shape index (κ2) is 11.5. The summed E-state index contributed by atoms with van der Waals surface area (Å²) >= 11 is 0.766. The maximum atomic E-state index is 14.1. The third-order valence-corrected chi connectivity index (χ3v) is 7.47. The Hall–Kier alpha value is -4.12. The summed E-state index contributed by atoms with van der Waals surface area (Å²) in [6.07, 6.45) is 3.79. The Morgan fingerprint density at radius 3 is 2.29 bits per heavy atom. The third-order valence-electron chi connectivity index (χ3n) is 6.62. The van der Waals surface area contributed by atoms with E-state index in [0.717, 1.165) is 42.8 Å². The predicted molar refractivity (Wildman–Crippen MR) is 146 cm³/mol. The minimum atomic E-state index is -1.09. The summed E-state index contributed by atoms with van der Waals surface area (Å²) in [7, 11) is 3.02. The van der Waals surface area contributed by atoms with Crippen LogP contribution < -0.4 is 31.2 Å². The lowest BCUT2D eigenvalue weighted by Crippen LogP contribution is -2.46. The Labute approximate surface area is 225 Å². The summed E-state index contributed by atoms with van der Waals surface area (Å²) in [5.41, 5.74) is 13.2. The van der Waals surface area contributed by atoms with Crippen molar-refractivity contribution in [2.24, 2.45) is 5.73 Å². The number of anilines is 2. The molecule has 3 amide bonds. The van der Waals surface area contributed by atoms with Crippen molar-refractivity contribution in [2.45, 2.75) is 44.7 Å². The second-order valence-corrected chi connectivity index (χ2v) is 9.93. The maximum absolute atomic E-state index is 14.1. The van der Waals surface area contributed by atoms with Crippen LogP contribution >= 0.6 is 11.5 Å². The average Bonchev–Trinajstić information content (AvgIpc) is 3.56. The number of nitrogen functional groups attached to an aromatic ring is 1. The first-order chi connectivity index (χ1) is 18.2. The zero-order valence-electron chi connectivity index (χ0n) is 21.5. The fourth-order valence-electron chi connectivity index (χ4n) is 4.62. The molecule has 3 aromatic rings. The van der Waals surface area contributed by atoms with Gasteiger partial charge in [-0.2, -0.15) is 4.37 Å². The highest BCUT2D eigenvalue weighted by Crippen LogP contribution is 2.37. The Morgan fingerprint density at radius 2 is 1.71 bits per heavy atom. The quantitative estimate of drug-likeness (QED) is 0.377. The van der Waals surface area contributed by atoms with Gasteiger partial charge in [-0.1, -0.05) is 36.6 Å². The number of nitrogens with one attached hydrogen (secondary N) is 1. The van der Waals surface area contributed by atoms with Gasteiger partial charge in [0.2, 0.25) is 5.91 Å². The number of primary amides is 1. The molecule has 200 valence electrons. The van der Waals surface area contributed by atoms with E-state index in [1.165, 1.54) is 19.1 Å². The van der Waals surface area contributed by atoms with Crippen LogP contribution in [0.3, 0.4) is 0 Å². The SMILES string of the molecule is COc1ccc([C@H](C(=O)NC2CCCC2)N(C(=O)c2snc(C(N)=O)c2N)c2ccc(C)cc2)cc1OC. The van der Waals surface area contributed by atoms with E-state index in [-0.39, 0.29) is 28.2 Å². The summed E-state index contributed by atoms with van der Waals surface area (Å²) < 4.78 is 14.9. The summed E-state index contributed by atoms with van der Waals surface area (Å²) in [5.74, 6) is -0.880. The minimum Gasteiger partial charge on any atom is -0.493 e. The molecule has 11 heteroatoms. The van der Waals surface area contributed by atoms with Crippen molar-refractivity contribution < 1.29 is 23.9 Å². The van der Waals surface area contributed by atoms with E-state index in [9.17, 15) is 14.4 Å². The van der Waals surface area contributed by atoms with Crippen molar-refractivity contribution in [3.05, 3.63) is 64.2 Å². The van der Waals surface area contributed by atoms with E-state index in [1.807, 2.05) is 19.1 Å². The van der Waals surface area contributed by atoms with E-state index in [2.05, 4.69) is 9.69 Å². The van der Waals surface area contributed by atoms with Gasteiger partial charge in [-0.05, 0) is 61.1 Å². The molecule has 0 unspecified atom stereocenters. The normalized spacial score (nSPS) is 14.1. The first kappa shape index (κ1) is 26.9. The zero-order valence-corrected chi connectivity index (χ0v) is 22.3. The second-order valence-electron chi connectivity index (χ2n) is 9.16. The van der Waals surface area contributed by atoms with Crippen molar-refractivity contribution >= 4 is 40.6 Å². The molecule has 1 fully saturated rings. The molecule has 1 aliphatic carbocycles. The van der Waals surface area contributed by atoms with Crippen LogP contribution in [-0.2, 0) is 4.79 Å². The van der Waals surface area contributed by atoms with Gasteiger partial charge in [0.05, 0.1) is 19.9 Å². The molecule has 0 radical (unpaired) electrons. The predicted octanol–water partition coefficient (Wildman–Crippen LogP) is 3.60. The fourth-order valence-corrected chi connectivity index (χ4v) is 5.36. The third kappa shape index (κ3) is 5.42. The van der Waals surface area contributed by atoms with E-state index in [4.69, 9.17) is 20.9 Å². The van der Waals surface area contributed by atoms with Gasteiger partial charge in [0, 0.05) is 11.7 Å². The number of hydrogen-bond acceptors (Lipinski definition) is 8. The number of carbonyl (C=O) groups excluding carboxylic acids is 3. The molecule has 1 aliphatic rings. The van der Waals surface area contributed by atoms with Gasteiger partial charge >= 0.3 is 0 Å². The van der Waals surface area contributed by atoms with Crippen molar-refractivity contribution in [2.75, 3.05) is 24.9 Å². The molecule has 4 rings (SSSR count). The van der Waals surface area contributed by atoms with Crippen LogP contribution in [-0.4, -0.2) is 42.4 Å². The number of nitrogens with zero attached hydrogens (tertiary/aromatic N) is 2. The Morgan fingerprint density at radius 1 is 1.05 bits per heavy atom. The monoisotopic (exact) mass is 537 g/mol. The van der Waals surface area contributed by atoms with Gasteiger partial charge in [0.1, 0.15) is 10.9 Å². The lowest BCUT2D eigenvalue weighted by atomic mass is 10.0. The molecule has 5 N–H and O–H groups in total. The molecule has 1 heterocycles. The average molecular weight is 538 g/mol. The number of methoxy groups -OCH3 is 2. The van der Waals surface area contributed by atoms with Gasteiger partial charge < -0.3 is 26.3 Å². The molecule has 0 spiro atoms. The number of carbonyl (C=O) groups is 3. The number of aromatic nitrogens is 1. The minimum absolute atomic E-state index is 0.00931. The smallest absolute Gasteiger partial charge is 0.273 e. The van der Waals surface area contributed by atoms with Gasteiger partial charge in [-0.3, -0.25) is 19.3 Å². The number of rotatable bonds is 9. The number of nitrogens with two attached hydrogens (primary N) is 2. The lowest BCUT2D eigenvalue weighted by Gasteiger charge is -2.32. The maximum Gasteiger partial charge on any atom is 0.273 e. The van der Waals surface area contributed by atoms with Crippen molar-refractivity contribution in [1.82, 2.24) is 9.69 Å². The first-order valence-corrected chi connectivity index (χ1v) is 13.0. The molecule has 0 saturated heterocycles. The highest BCUT2D eigenvalue weighted by Gasteiger charge is 2.37. The molecule has 0 bridgehead atoms. The lowest BCUT2D eigenvalue weighted by molar-refractivity contribution is -0.123. The molecular weight excluding hydrogens is 506 g/mol. The largest absolute Gasteiger partial charge is 0.493 e. The van der Waals surface area contributed by atoms with Crippen molar-refractivity contribution in [1.29, 1.82) is 0 Å². The Balaban J connectivity index is 1.89. The van der Waals surface area contributed by atoms with Crippen LogP contribution in [0.2, 0.25) is 0 Å². The van der Waals surface area contributed by atoms with Crippen LogP contribution in [0.5, 0.6) is 11.5 Å². The summed E-state index contributed by atoms with van der Waals surface area (Å²) in [5, 5.41) is 3.13. The molecular formula is C27H31N5O5S. The number of aryl methyl sites for hydroxylation is 1. The van der Waals surface area contributed by atoms with Gasteiger partial charge in [0.15, 0.2) is 17.2 Å². The highest BCUT2D eigenvalue weighted by molar-refractivity contribution is 7.09. The molecule has 0 aliphatic heterocycles. The van der Waals surface area contributed by atoms with Crippen LogP contribution in [0, 0.1) is 6.92 Å². The number of hydrogen-bond donors (Lipinski definition) is 3. The molecule has 1 aromatic heterocycles. The van der Waals surface area contributed by atoms with Gasteiger partial charge in [-0.25, -0.2) is 0 Å². The van der Waals surface area contributed by atoms with Crippen molar-refractivity contribution in [3.63, 3.8) is 0 Å². The van der Waals surface area contributed by atoms with E-state index >= 15 is 0 Å². The van der Waals surface area contributed by atoms with Crippen LogP contribution in [0.4, 0.5) is 11.4 Å². The molecule has 2 aromatic carbocycles. The molecule has 1 saturated carbocycles. The Kier molecular flexibility index (Phi) is 8.16. The molecule has 1 atom stereocenters. The van der Waals surface area contributed by atoms with E-state index < -0.39 is 17.9 Å². The molecule has 10 nitrogen and oxygen atoms in total. The summed E-state index contributed by atoms with van der Waals surface area (Å²) in [6, 6.07) is 11.2. The van der Waals surface area contributed by atoms with Crippen LogP contribution in [0.1, 0.15) is 63.0 Å². The van der Waals surface area contributed by atoms with Gasteiger partial charge in [-0.15, -0.1) is 0 Å². The topological polar surface area (TPSA) is 150 Å². The summed E-state index contributed by atoms with van der Waals surface area (Å²) in [4.78, 5) is 41.3. The van der Waals surface area contributed by atoms with Crippen molar-refractivity contribution in [3.8, 4) is 11.5 Å². The fraction of sp³-hybridized carbons (Fsp3) is 0.333. The number of ether oxygens (including phenoxy) is 2. The number of amides is 3. The zero-order chi connectivity index (χ0) is 27.4. The van der Waals surface area contributed by atoms with Gasteiger partial charge in [0.25, 0.3) is 11.8 Å². The first-order valence-electron chi connectivity index (χ1n) is 12.2. The number of benzene rings is 2. The summed E-state index contributed by atoms with van der Waals surface area (Å²) in [6.45, 7) is 1.93.